The standard InChI is InChI=1S/C16H23NO2/c1-14(2)17(10-12-19-3)13-16-8-5-4-7-15(16)9-6-11-18/h4-5,7-8,14,18H,10-13H2,1-3H3. The van der Waals surface area contributed by atoms with Crippen LogP contribution in [0.1, 0.15) is 25.0 Å². The van der Waals surface area contributed by atoms with E-state index in [2.05, 4.69) is 36.7 Å². The number of hydrogen-bond donors (Lipinski definition) is 1. The lowest BCUT2D eigenvalue weighted by Crippen LogP contribution is -2.33. The van der Waals surface area contributed by atoms with Gasteiger partial charge in [-0.2, -0.15) is 0 Å². The second-order valence-corrected chi connectivity index (χ2v) is 4.67. The minimum absolute atomic E-state index is 0.105. The molecule has 0 saturated heterocycles. The third kappa shape index (κ3) is 5.44. The molecule has 3 nitrogen and oxygen atoms in total. The van der Waals surface area contributed by atoms with E-state index in [-0.39, 0.29) is 6.61 Å². The van der Waals surface area contributed by atoms with Gasteiger partial charge in [-0.05, 0) is 25.5 Å². The smallest absolute Gasteiger partial charge is 0.104 e. The number of aliphatic hydroxyl groups excluding tert-OH is 1. The highest BCUT2D eigenvalue weighted by molar-refractivity contribution is 5.41. The number of nitrogens with zero attached hydrogens (tertiary/aromatic N) is 1. The molecule has 0 unspecified atom stereocenters. The van der Waals surface area contributed by atoms with Crippen molar-refractivity contribution in [2.24, 2.45) is 0 Å². The largest absolute Gasteiger partial charge is 0.384 e. The van der Waals surface area contributed by atoms with Crippen molar-refractivity contribution in [1.29, 1.82) is 0 Å². The Labute approximate surface area is 116 Å². The van der Waals surface area contributed by atoms with E-state index >= 15 is 0 Å². The zero-order chi connectivity index (χ0) is 14.1. The lowest BCUT2D eigenvalue weighted by molar-refractivity contribution is 0.125. The van der Waals surface area contributed by atoms with E-state index in [1.807, 2.05) is 18.2 Å². The van der Waals surface area contributed by atoms with E-state index in [0.29, 0.717) is 6.04 Å². The van der Waals surface area contributed by atoms with Crippen molar-refractivity contribution in [3.63, 3.8) is 0 Å². The predicted molar refractivity (Wildman–Crippen MR) is 77.8 cm³/mol. The highest BCUT2D eigenvalue weighted by Gasteiger charge is 2.11. The normalized spacial score (nSPS) is 10.6. The van der Waals surface area contributed by atoms with Gasteiger partial charge in [0.05, 0.1) is 6.61 Å². The van der Waals surface area contributed by atoms with Crippen LogP contribution in [0.15, 0.2) is 24.3 Å². The van der Waals surface area contributed by atoms with Gasteiger partial charge in [0.15, 0.2) is 0 Å². The number of rotatable bonds is 6. The highest BCUT2D eigenvalue weighted by Crippen LogP contribution is 2.12. The molecule has 0 spiro atoms. The molecule has 0 aliphatic heterocycles. The fraction of sp³-hybridized carbons (Fsp3) is 0.500. The Morgan fingerprint density at radius 2 is 2.05 bits per heavy atom. The van der Waals surface area contributed by atoms with Crippen molar-refractivity contribution in [2.45, 2.75) is 26.4 Å². The second-order valence-electron chi connectivity index (χ2n) is 4.67. The van der Waals surface area contributed by atoms with Crippen LogP contribution in [0.4, 0.5) is 0 Å². The Bertz CT molecular complexity index is 432. The lowest BCUT2D eigenvalue weighted by atomic mass is 10.1. The monoisotopic (exact) mass is 261 g/mol. The number of benzene rings is 1. The number of methoxy groups -OCH3 is 1. The summed E-state index contributed by atoms with van der Waals surface area (Å²) in [6.07, 6.45) is 0. The quantitative estimate of drug-likeness (QED) is 0.794. The van der Waals surface area contributed by atoms with Crippen molar-refractivity contribution in [1.82, 2.24) is 4.90 Å². The molecule has 0 aromatic heterocycles. The van der Waals surface area contributed by atoms with Crippen molar-refractivity contribution >= 4 is 0 Å². The maximum absolute atomic E-state index is 8.80. The molecule has 0 atom stereocenters. The molecule has 0 fully saturated rings. The summed E-state index contributed by atoms with van der Waals surface area (Å²) >= 11 is 0. The van der Waals surface area contributed by atoms with Crippen molar-refractivity contribution in [3.05, 3.63) is 35.4 Å². The van der Waals surface area contributed by atoms with Crippen LogP contribution in [-0.4, -0.2) is 42.9 Å². The maximum Gasteiger partial charge on any atom is 0.104 e. The van der Waals surface area contributed by atoms with Crippen molar-refractivity contribution in [2.75, 3.05) is 26.9 Å². The zero-order valence-corrected chi connectivity index (χ0v) is 12.0. The van der Waals surface area contributed by atoms with E-state index in [9.17, 15) is 0 Å². The second kappa shape index (κ2) is 8.71. The molecule has 1 rings (SSSR count). The van der Waals surface area contributed by atoms with Crippen LogP contribution >= 0.6 is 0 Å². The van der Waals surface area contributed by atoms with Crippen molar-refractivity contribution in [3.8, 4) is 11.8 Å². The van der Waals surface area contributed by atoms with Gasteiger partial charge in [-0.15, -0.1) is 0 Å². The number of hydrogen-bond acceptors (Lipinski definition) is 3. The topological polar surface area (TPSA) is 32.7 Å². The molecule has 0 heterocycles. The fourth-order valence-corrected chi connectivity index (χ4v) is 1.86. The van der Waals surface area contributed by atoms with Gasteiger partial charge >= 0.3 is 0 Å². The Morgan fingerprint density at radius 3 is 2.68 bits per heavy atom. The molecule has 104 valence electrons. The number of ether oxygens (including phenoxy) is 1. The molecule has 1 aromatic rings. The maximum atomic E-state index is 8.80. The van der Waals surface area contributed by atoms with Gasteiger partial charge in [-0.1, -0.05) is 30.0 Å². The molecule has 0 amide bonds. The zero-order valence-electron chi connectivity index (χ0n) is 12.0. The lowest BCUT2D eigenvalue weighted by Gasteiger charge is -2.26. The van der Waals surface area contributed by atoms with Crippen LogP contribution < -0.4 is 0 Å². The molecule has 19 heavy (non-hydrogen) atoms. The summed E-state index contributed by atoms with van der Waals surface area (Å²) in [5.74, 6) is 5.72. The predicted octanol–water partition coefficient (Wildman–Crippen LogP) is 1.89. The fourth-order valence-electron chi connectivity index (χ4n) is 1.86. The first-order valence-corrected chi connectivity index (χ1v) is 6.59. The molecule has 0 bridgehead atoms. The summed E-state index contributed by atoms with van der Waals surface area (Å²) in [5.41, 5.74) is 2.17. The molecule has 1 N–H and O–H groups in total. The minimum Gasteiger partial charge on any atom is -0.384 e. The summed E-state index contributed by atoms with van der Waals surface area (Å²) in [4.78, 5) is 2.35. The van der Waals surface area contributed by atoms with Crippen LogP contribution in [0, 0.1) is 11.8 Å². The summed E-state index contributed by atoms with van der Waals surface area (Å²) in [5, 5.41) is 8.80. The summed E-state index contributed by atoms with van der Waals surface area (Å²) in [6.45, 7) is 6.72. The highest BCUT2D eigenvalue weighted by atomic mass is 16.5. The first-order chi connectivity index (χ1) is 9.19. The Morgan fingerprint density at radius 1 is 1.32 bits per heavy atom. The summed E-state index contributed by atoms with van der Waals surface area (Å²) < 4.78 is 5.15. The Hall–Kier alpha value is -1.34. The van der Waals surface area contributed by atoms with Crippen LogP contribution in [-0.2, 0) is 11.3 Å². The van der Waals surface area contributed by atoms with Gasteiger partial charge in [0.2, 0.25) is 0 Å². The van der Waals surface area contributed by atoms with E-state index < -0.39 is 0 Å². The van der Waals surface area contributed by atoms with Crippen LogP contribution in [0.3, 0.4) is 0 Å². The average molecular weight is 261 g/mol. The molecular weight excluding hydrogens is 238 g/mol. The summed E-state index contributed by atoms with van der Waals surface area (Å²) in [7, 11) is 1.72. The average Bonchev–Trinajstić information content (AvgIpc) is 2.41. The van der Waals surface area contributed by atoms with Gasteiger partial charge in [-0.3, -0.25) is 4.90 Å². The van der Waals surface area contributed by atoms with Crippen LogP contribution in [0.25, 0.3) is 0 Å². The van der Waals surface area contributed by atoms with Crippen LogP contribution in [0.2, 0.25) is 0 Å². The molecule has 0 aliphatic rings. The summed E-state index contributed by atoms with van der Waals surface area (Å²) in [6, 6.07) is 8.53. The van der Waals surface area contributed by atoms with Gasteiger partial charge in [0, 0.05) is 31.8 Å². The first-order valence-electron chi connectivity index (χ1n) is 6.59. The van der Waals surface area contributed by atoms with Gasteiger partial charge in [0.1, 0.15) is 6.61 Å². The van der Waals surface area contributed by atoms with E-state index in [0.717, 1.165) is 25.3 Å². The van der Waals surface area contributed by atoms with Gasteiger partial charge in [-0.25, -0.2) is 0 Å². The molecule has 1 aromatic carbocycles. The third-order valence-corrected chi connectivity index (χ3v) is 3.01. The minimum atomic E-state index is -0.105. The van der Waals surface area contributed by atoms with E-state index in [1.165, 1.54) is 5.56 Å². The van der Waals surface area contributed by atoms with E-state index in [1.54, 1.807) is 7.11 Å². The molecule has 0 saturated carbocycles. The molecule has 3 heteroatoms. The Kier molecular flexibility index (Phi) is 7.20. The number of aliphatic hydroxyl groups is 1. The first kappa shape index (κ1) is 15.7. The van der Waals surface area contributed by atoms with Crippen molar-refractivity contribution < 1.29 is 9.84 Å². The SMILES string of the molecule is COCCN(Cc1ccccc1C#CCO)C(C)C. The van der Waals surface area contributed by atoms with Crippen LogP contribution in [0.5, 0.6) is 0 Å². The molecular formula is C16H23NO2. The third-order valence-electron chi connectivity index (χ3n) is 3.01. The molecule has 0 aliphatic carbocycles. The van der Waals surface area contributed by atoms with Gasteiger partial charge in [0.25, 0.3) is 0 Å². The van der Waals surface area contributed by atoms with Gasteiger partial charge < -0.3 is 9.84 Å². The van der Waals surface area contributed by atoms with E-state index in [4.69, 9.17) is 9.84 Å². The Balaban J connectivity index is 2.83. The molecule has 0 radical (unpaired) electrons.